The van der Waals surface area contributed by atoms with Crippen molar-refractivity contribution in [2.75, 3.05) is 0 Å². The second-order valence-electron chi connectivity index (χ2n) is 6.37. The van der Waals surface area contributed by atoms with Crippen molar-refractivity contribution in [2.24, 2.45) is 0 Å². The van der Waals surface area contributed by atoms with Gasteiger partial charge in [0.1, 0.15) is 0 Å². The Morgan fingerprint density at radius 1 is 0.583 bits per heavy atom. The Morgan fingerprint density at radius 2 is 1.00 bits per heavy atom. The Morgan fingerprint density at radius 3 is 1.42 bits per heavy atom. The number of rotatable bonds is 11. The van der Waals surface area contributed by atoms with Gasteiger partial charge in [-0.15, -0.1) is 0 Å². The van der Waals surface area contributed by atoms with Crippen LogP contribution in [0.2, 0.25) is 0 Å². The zero-order valence-electron chi connectivity index (χ0n) is 15.2. The van der Waals surface area contributed by atoms with E-state index >= 15 is 0 Å². The zero-order valence-corrected chi connectivity index (χ0v) is 17.0. The second-order valence-corrected chi connectivity index (χ2v) is 8.94. The maximum Gasteiger partial charge on any atom is -0.00533 e. The van der Waals surface area contributed by atoms with E-state index in [0.29, 0.717) is 0 Å². The predicted molar refractivity (Wildman–Crippen MR) is 112 cm³/mol. The Labute approximate surface area is 152 Å². The average Bonchev–Trinajstić information content (AvgIpc) is 2.62. The monoisotopic (exact) mass is 356 g/mol. The second kappa shape index (κ2) is 11.8. The minimum absolute atomic E-state index is 1.23. The van der Waals surface area contributed by atoms with Gasteiger partial charge >= 0.3 is 0 Å². The van der Waals surface area contributed by atoms with E-state index in [1.165, 1.54) is 78.5 Å². The van der Waals surface area contributed by atoms with Crippen molar-refractivity contribution in [3.63, 3.8) is 0 Å². The van der Waals surface area contributed by atoms with Crippen molar-refractivity contribution >= 4 is 27.1 Å². The SMILES string of the molecule is CCCCCc1ccccc1[P][P]c1ccccc1CCCCC. The van der Waals surface area contributed by atoms with Gasteiger partial charge in [-0.2, -0.15) is 0 Å². The van der Waals surface area contributed by atoms with E-state index in [9.17, 15) is 0 Å². The Hall–Kier alpha value is -0.700. The molecule has 0 aromatic heterocycles. The van der Waals surface area contributed by atoms with Crippen LogP contribution in [-0.4, -0.2) is 0 Å². The molecule has 2 aromatic carbocycles. The molecule has 2 rings (SSSR count). The third-order valence-corrected chi connectivity index (χ3v) is 7.34. The highest BCUT2D eigenvalue weighted by molar-refractivity contribution is 8.18. The summed E-state index contributed by atoms with van der Waals surface area (Å²) < 4.78 is 0. The number of unbranched alkanes of at least 4 members (excludes halogenated alkanes) is 4. The third kappa shape index (κ3) is 6.66. The van der Waals surface area contributed by atoms with E-state index in [1.54, 1.807) is 11.1 Å². The van der Waals surface area contributed by atoms with Crippen LogP contribution in [0.5, 0.6) is 0 Å². The normalized spacial score (nSPS) is 11.9. The molecule has 0 spiro atoms. The summed E-state index contributed by atoms with van der Waals surface area (Å²) >= 11 is 0. The summed E-state index contributed by atoms with van der Waals surface area (Å²) in [7, 11) is 2.85. The lowest BCUT2D eigenvalue weighted by Crippen LogP contribution is -2.06. The quantitative estimate of drug-likeness (QED) is 0.303. The van der Waals surface area contributed by atoms with Crippen LogP contribution >= 0.6 is 16.5 Å². The van der Waals surface area contributed by atoms with Gasteiger partial charge in [0.15, 0.2) is 0 Å². The minimum Gasteiger partial charge on any atom is -0.0654 e. The summed E-state index contributed by atoms with van der Waals surface area (Å²) in [5, 5.41) is 3.03. The van der Waals surface area contributed by atoms with Crippen LogP contribution < -0.4 is 10.6 Å². The van der Waals surface area contributed by atoms with E-state index in [1.807, 2.05) is 0 Å². The average molecular weight is 356 g/mol. The van der Waals surface area contributed by atoms with Crippen molar-refractivity contribution in [3.05, 3.63) is 59.7 Å². The summed E-state index contributed by atoms with van der Waals surface area (Å²) in [5.41, 5.74) is 3.09. The van der Waals surface area contributed by atoms with Gasteiger partial charge in [0.25, 0.3) is 0 Å². The fourth-order valence-electron chi connectivity index (χ4n) is 2.88. The van der Waals surface area contributed by atoms with Crippen molar-refractivity contribution in [1.82, 2.24) is 0 Å². The number of hydrogen-bond donors (Lipinski definition) is 0. The first-order chi connectivity index (χ1) is 11.8. The van der Waals surface area contributed by atoms with Crippen LogP contribution in [0, 0.1) is 0 Å². The van der Waals surface area contributed by atoms with Crippen LogP contribution in [0.15, 0.2) is 48.5 Å². The maximum absolute atomic E-state index is 2.32. The fraction of sp³-hybridized carbons (Fsp3) is 0.455. The lowest BCUT2D eigenvalue weighted by atomic mass is 10.1. The smallest absolute Gasteiger partial charge is 0.00533 e. The van der Waals surface area contributed by atoms with Gasteiger partial charge in [0, 0.05) is 0 Å². The molecule has 0 atom stereocenters. The first-order valence-corrected chi connectivity index (χ1v) is 11.9. The molecule has 0 unspecified atom stereocenters. The van der Waals surface area contributed by atoms with Gasteiger partial charge in [0.2, 0.25) is 0 Å². The van der Waals surface area contributed by atoms with E-state index in [0.717, 1.165) is 0 Å². The molecule has 0 aliphatic carbocycles. The van der Waals surface area contributed by atoms with Crippen LogP contribution in [0.25, 0.3) is 0 Å². The first kappa shape index (κ1) is 19.6. The van der Waals surface area contributed by atoms with Crippen LogP contribution in [0.3, 0.4) is 0 Å². The summed E-state index contributed by atoms with van der Waals surface area (Å²) in [5.74, 6) is 0. The molecule has 0 bridgehead atoms. The predicted octanol–water partition coefficient (Wildman–Crippen LogP) is 6.91. The van der Waals surface area contributed by atoms with Crippen LogP contribution in [0.1, 0.15) is 63.5 Å². The van der Waals surface area contributed by atoms with Gasteiger partial charge in [-0.25, -0.2) is 0 Å². The molecule has 0 aliphatic heterocycles. The number of benzene rings is 2. The standard InChI is InChI=1S/C22H30P2/c1-3-5-7-13-19-15-9-11-17-21(19)23-24-22-18-12-10-16-20(22)14-8-6-4-2/h9-12,15-18H,3-8,13-14H2,1-2H3. The Kier molecular flexibility index (Phi) is 9.64. The summed E-state index contributed by atoms with van der Waals surface area (Å²) in [6.07, 6.45) is 10.3. The molecule has 0 amide bonds. The molecule has 0 saturated heterocycles. The molecule has 2 aromatic rings. The first-order valence-electron chi connectivity index (χ1n) is 9.42. The molecule has 128 valence electrons. The van der Waals surface area contributed by atoms with Crippen molar-refractivity contribution < 1.29 is 0 Å². The number of aryl methyl sites for hydroxylation is 2. The molecule has 0 heterocycles. The molecule has 0 fully saturated rings. The van der Waals surface area contributed by atoms with Gasteiger partial charge < -0.3 is 0 Å². The maximum atomic E-state index is 2.32. The van der Waals surface area contributed by atoms with Crippen LogP contribution in [0.4, 0.5) is 0 Å². The molecule has 2 heteroatoms. The summed E-state index contributed by atoms with van der Waals surface area (Å²) in [6, 6.07) is 18.0. The third-order valence-electron chi connectivity index (χ3n) is 4.35. The molecular weight excluding hydrogens is 326 g/mol. The van der Waals surface area contributed by atoms with E-state index in [4.69, 9.17) is 0 Å². The molecule has 0 N–H and O–H groups in total. The minimum atomic E-state index is 1.23. The number of hydrogen-bond acceptors (Lipinski definition) is 0. The van der Waals surface area contributed by atoms with E-state index < -0.39 is 0 Å². The van der Waals surface area contributed by atoms with Crippen molar-refractivity contribution in [1.29, 1.82) is 0 Å². The highest BCUT2D eigenvalue weighted by Gasteiger charge is 2.07. The van der Waals surface area contributed by atoms with Crippen molar-refractivity contribution in [2.45, 2.75) is 65.2 Å². The summed E-state index contributed by atoms with van der Waals surface area (Å²) in [4.78, 5) is 0. The zero-order chi connectivity index (χ0) is 17.0. The Balaban J connectivity index is 1.98. The molecule has 0 saturated carbocycles. The molecule has 2 radical (unpaired) electrons. The van der Waals surface area contributed by atoms with Gasteiger partial charge in [-0.1, -0.05) is 88.1 Å². The lowest BCUT2D eigenvalue weighted by Gasteiger charge is -2.11. The lowest BCUT2D eigenvalue weighted by molar-refractivity contribution is 0.719. The van der Waals surface area contributed by atoms with Gasteiger partial charge in [0.05, 0.1) is 0 Å². The van der Waals surface area contributed by atoms with Gasteiger partial charge in [-0.05, 0) is 64.0 Å². The van der Waals surface area contributed by atoms with Crippen LogP contribution in [-0.2, 0) is 12.8 Å². The van der Waals surface area contributed by atoms with E-state index in [2.05, 4.69) is 62.4 Å². The van der Waals surface area contributed by atoms with Crippen molar-refractivity contribution in [3.8, 4) is 0 Å². The molecule has 0 aliphatic rings. The topological polar surface area (TPSA) is 0 Å². The van der Waals surface area contributed by atoms with Gasteiger partial charge in [-0.3, -0.25) is 0 Å². The highest BCUT2D eigenvalue weighted by atomic mass is 32.0. The molecular formula is C22H30P2. The molecule has 0 nitrogen and oxygen atoms in total. The highest BCUT2D eigenvalue weighted by Crippen LogP contribution is 2.37. The fourth-order valence-corrected chi connectivity index (χ4v) is 5.85. The van der Waals surface area contributed by atoms with E-state index in [-0.39, 0.29) is 0 Å². The largest absolute Gasteiger partial charge is 0.0654 e. The molecule has 24 heavy (non-hydrogen) atoms. The summed E-state index contributed by atoms with van der Waals surface area (Å²) in [6.45, 7) is 4.55. The Bertz CT molecular complexity index is 539.